The molecule has 4 rings (SSSR count). The van der Waals surface area contributed by atoms with Crippen LogP contribution >= 0.6 is 0 Å². The van der Waals surface area contributed by atoms with E-state index < -0.39 is 0 Å². The van der Waals surface area contributed by atoms with Crippen molar-refractivity contribution in [3.05, 3.63) is 53.1 Å². The summed E-state index contributed by atoms with van der Waals surface area (Å²) >= 11 is 0. The molecule has 0 spiro atoms. The Labute approximate surface area is 157 Å². The average molecular weight is 363 g/mol. The molecular formula is C19H21N7O. The zero-order valence-electron chi connectivity index (χ0n) is 15.0. The van der Waals surface area contributed by atoms with Gasteiger partial charge in [0.15, 0.2) is 0 Å². The normalized spacial score (nSPS) is 26.8. The molecule has 1 aliphatic carbocycles. The van der Waals surface area contributed by atoms with Crippen LogP contribution in [-0.2, 0) is 0 Å². The van der Waals surface area contributed by atoms with Crippen molar-refractivity contribution < 1.29 is 4.79 Å². The number of carbonyl (C=O) groups excluding carboxylic acids is 1. The molecule has 0 aromatic carbocycles. The van der Waals surface area contributed by atoms with Crippen LogP contribution in [0.3, 0.4) is 0 Å². The highest BCUT2D eigenvalue weighted by Crippen LogP contribution is 2.37. The monoisotopic (exact) mass is 363 g/mol. The smallest absolute Gasteiger partial charge is 0.270 e. The molecule has 2 aliphatic rings. The summed E-state index contributed by atoms with van der Waals surface area (Å²) in [4.78, 5) is 16.8. The van der Waals surface area contributed by atoms with E-state index in [1.54, 1.807) is 25.4 Å². The first-order valence-electron chi connectivity index (χ1n) is 9.11. The molecule has 4 atom stereocenters. The lowest BCUT2D eigenvalue weighted by Crippen LogP contribution is -2.44. The molecule has 27 heavy (non-hydrogen) atoms. The van der Waals surface area contributed by atoms with Gasteiger partial charge in [0, 0.05) is 24.5 Å². The minimum atomic E-state index is -0.179. The lowest BCUT2D eigenvalue weighted by atomic mass is 9.77. The van der Waals surface area contributed by atoms with Gasteiger partial charge in [0.1, 0.15) is 11.8 Å². The van der Waals surface area contributed by atoms with Gasteiger partial charge in [-0.2, -0.15) is 15.5 Å². The predicted octanol–water partition coefficient (Wildman–Crippen LogP) is 1.17. The third-order valence-electron chi connectivity index (χ3n) is 5.48. The van der Waals surface area contributed by atoms with Crippen LogP contribution in [0.5, 0.6) is 0 Å². The number of nitrogens with one attached hydrogen (secondary N) is 3. The fraction of sp³-hybridized carbons (Fsp3) is 0.421. The topological polar surface area (TPSA) is 116 Å². The standard InChI is InChI=1S/C19H21N7O/c1-11-6-12(8-20)9-21-17(11)19(27)24-14-2-3-16-15(7-14)18(26-25-16)13-4-5-22-23-10-13/h4-6,9-10,14-16,18,25-26H,2-3,7H2,1H3,(H,24,27). The summed E-state index contributed by atoms with van der Waals surface area (Å²) in [5.74, 6) is 0.185. The molecule has 4 unspecified atom stereocenters. The number of nitrogens with zero attached hydrogens (tertiary/aromatic N) is 4. The van der Waals surface area contributed by atoms with Gasteiger partial charge in [0.25, 0.3) is 5.91 Å². The van der Waals surface area contributed by atoms with Crippen molar-refractivity contribution in [3.8, 4) is 6.07 Å². The summed E-state index contributed by atoms with van der Waals surface area (Å²) in [7, 11) is 0. The van der Waals surface area contributed by atoms with Crippen molar-refractivity contribution in [2.75, 3.05) is 0 Å². The number of pyridine rings is 1. The second kappa shape index (κ2) is 7.39. The van der Waals surface area contributed by atoms with Crippen LogP contribution in [0.25, 0.3) is 0 Å². The summed E-state index contributed by atoms with van der Waals surface area (Å²) in [5, 5.41) is 19.9. The SMILES string of the molecule is Cc1cc(C#N)cnc1C(=O)NC1CCC2NNC(c3ccnnc3)C2C1. The fourth-order valence-corrected chi connectivity index (χ4v) is 4.13. The quantitative estimate of drug-likeness (QED) is 0.749. The Kier molecular flexibility index (Phi) is 4.79. The highest BCUT2D eigenvalue weighted by atomic mass is 16.1. The Bertz CT molecular complexity index is 879. The molecule has 1 saturated heterocycles. The highest BCUT2D eigenvalue weighted by Gasteiger charge is 2.41. The van der Waals surface area contributed by atoms with E-state index in [1.807, 2.05) is 12.1 Å². The number of nitriles is 1. The van der Waals surface area contributed by atoms with E-state index in [2.05, 4.69) is 31.3 Å². The average Bonchev–Trinajstić information content (AvgIpc) is 3.11. The van der Waals surface area contributed by atoms with Crippen molar-refractivity contribution >= 4 is 5.91 Å². The molecule has 2 aromatic heterocycles. The first-order chi connectivity index (χ1) is 13.2. The van der Waals surface area contributed by atoms with E-state index in [0.29, 0.717) is 28.8 Å². The molecule has 1 amide bonds. The fourth-order valence-electron chi connectivity index (χ4n) is 4.13. The van der Waals surface area contributed by atoms with E-state index >= 15 is 0 Å². The summed E-state index contributed by atoms with van der Waals surface area (Å²) in [6.07, 6.45) is 7.70. The van der Waals surface area contributed by atoms with Crippen LogP contribution in [0.15, 0.2) is 30.7 Å². The second-order valence-corrected chi connectivity index (χ2v) is 7.20. The first-order valence-corrected chi connectivity index (χ1v) is 9.11. The van der Waals surface area contributed by atoms with Crippen LogP contribution in [0, 0.1) is 24.2 Å². The maximum Gasteiger partial charge on any atom is 0.270 e. The minimum absolute atomic E-state index is 0.0922. The lowest BCUT2D eigenvalue weighted by Gasteiger charge is -2.33. The number of aryl methyl sites for hydroxylation is 1. The number of hydrogen-bond donors (Lipinski definition) is 3. The third-order valence-corrected chi connectivity index (χ3v) is 5.48. The summed E-state index contributed by atoms with van der Waals surface area (Å²) in [6.45, 7) is 1.80. The maximum atomic E-state index is 12.7. The van der Waals surface area contributed by atoms with Gasteiger partial charge in [-0.05, 0) is 55.4 Å². The van der Waals surface area contributed by atoms with E-state index in [0.717, 1.165) is 24.8 Å². The van der Waals surface area contributed by atoms with Gasteiger partial charge in [-0.3, -0.25) is 10.2 Å². The van der Waals surface area contributed by atoms with Gasteiger partial charge in [-0.15, -0.1) is 0 Å². The van der Waals surface area contributed by atoms with Crippen molar-refractivity contribution in [1.82, 2.24) is 31.3 Å². The summed E-state index contributed by atoms with van der Waals surface area (Å²) in [6, 6.07) is 6.33. The number of rotatable bonds is 3. The van der Waals surface area contributed by atoms with Gasteiger partial charge >= 0.3 is 0 Å². The van der Waals surface area contributed by atoms with Crippen molar-refractivity contribution in [2.24, 2.45) is 5.92 Å². The van der Waals surface area contributed by atoms with Gasteiger partial charge in [0.05, 0.1) is 17.8 Å². The van der Waals surface area contributed by atoms with Crippen LogP contribution in [0.2, 0.25) is 0 Å². The third kappa shape index (κ3) is 3.52. The molecule has 8 nitrogen and oxygen atoms in total. The maximum absolute atomic E-state index is 12.7. The number of hydrazine groups is 1. The van der Waals surface area contributed by atoms with Crippen LogP contribution in [-0.4, -0.2) is 33.2 Å². The second-order valence-electron chi connectivity index (χ2n) is 7.20. The predicted molar refractivity (Wildman–Crippen MR) is 97.1 cm³/mol. The van der Waals surface area contributed by atoms with Crippen molar-refractivity contribution in [2.45, 2.75) is 44.3 Å². The molecule has 2 aromatic rings. The molecular weight excluding hydrogens is 342 g/mol. The molecule has 1 aliphatic heterocycles. The minimum Gasteiger partial charge on any atom is -0.348 e. The largest absolute Gasteiger partial charge is 0.348 e. The van der Waals surface area contributed by atoms with Gasteiger partial charge in [-0.25, -0.2) is 10.4 Å². The van der Waals surface area contributed by atoms with E-state index in [1.165, 1.54) is 6.20 Å². The highest BCUT2D eigenvalue weighted by molar-refractivity contribution is 5.93. The van der Waals surface area contributed by atoms with Crippen LogP contribution < -0.4 is 16.2 Å². The number of amides is 1. The van der Waals surface area contributed by atoms with E-state index in [4.69, 9.17) is 5.26 Å². The summed E-state index contributed by atoms with van der Waals surface area (Å²) < 4.78 is 0. The molecule has 0 bridgehead atoms. The Morgan fingerprint density at radius 1 is 1.30 bits per heavy atom. The summed E-state index contributed by atoms with van der Waals surface area (Å²) in [5.41, 5.74) is 9.40. The Morgan fingerprint density at radius 3 is 2.93 bits per heavy atom. The number of aromatic nitrogens is 3. The Morgan fingerprint density at radius 2 is 2.19 bits per heavy atom. The molecule has 1 saturated carbocycles. The van der Waals surface area contributed by atoms with Crippen LogP contribution in [0.1, 0.15) is 52.5 Å². The Hall–Kier alpha value is -2.89. The molecule has 0 radical (unpaired) electrons. The lowest BCUT2D eigenvalue weighted by molar-refractivity contribution is 0.0909. The molecule has 2 fully saturated rings. The van der Waals surface area contributed by atoms with Crippen LogP contribution in [0.4, 0.5) is 0 Å². The molecule has 3 N–H and O–H groups in total. The van der Waals surface area contributed by atoms with Crippen molar-refractivity contribution in [1.29, 1.82) is 5.26 Å². The number of fused-ring (bicyclic) bond motifs is 1. The zero-order valence-corrected chi connectivity index (χ0v) is 15.0. The van der Waals surface area contributed by atoms with E-state index in [9.17, 15) is 4.79 Å². The van der Waals surface area contributed by atoms with Gasteiger partial charge in [-0.1, -0.05) is 0 Å². The first kappa shape index (κ1) is 17.5. The van der Waals surface area contributed by atoms with Gasteiger partial charge < -0.3 is 5.32 Å². The van der Waals surface area contributed by atoms with E-state index in [-0.39, 0.29) is 18.0 Å². The number of carbonyl (C=O) groups is 1. The number of hydrogen-bond acceptors (Lipinski definition) is 7. The van der Waals surface area contributed by atoms with Gasteiger partial charge in [0.2, 0.25) is 0 Å². The Balaban J connectivity index is 1.45. The molecule has 3 heterocycles. The molecule has 138 valence electrons. The van der Waals surface area contributed by atoms with Crippen molar-refractivity contribution in [3.63, 3.8) is 0 Å². The zero-order chi connectivity index (χ0) is 18.8. The molecule has 8 heteroatoms.